The zero-order chi connectivity index (χ0) is 14.7. The van der Waals surface area contributed by atoms with Crippen molar-refractivity contribution in [1.82, 2.24) is 0 Å². The van der Waals surface area contributed by atoms with Gasteiger partial charge in [0.05, 0.1) is 16.8 Å². The van der Waals surface area contributed by atoms with Crippen molar-refractivity contribution in [2.45, 2.75) is 0 Å². The number of phenolic OH excluding ortho intramolecular Hbond substituents is 1. The molecule has 0 aliphatic heterocycles. The van der Waals surface area contributed by atoms with Crippen molar-refractivity contribution in [3.05, 3.63) is 57.0 Å². The van der Waals surface area contributed by atoms with E-state index in [4.69, 9.17) is 16.9 Å². The van der Waals surface area contributed by atoms with Crippen LogP contribution in [0.1, 0.15) is 15.9 Å². The lowest BCUT2D eigenvalue weighted by Crippen LogP contribution is -2.13. The summed E-state index contributed by atoms with van der Waals surface area (Å²) in [5, 5.41) is 21.6. The molecule has 0 radical (unpaired) electrons. The number of amides is 1. The Morgan fingerprint density at radius 3 is 2.75 bits per heavy atom. The predicted octanol–water partition coefficient (Wildman–Crippen LogP) is 3.93. The van der Waals surface area contributed by atoms with Crippen LogP contribution in [0, 0.1) is 11.3 Å². The predicted molar refractivity (Wildman–Crippen MR) is 79.9 cm³/mol. The van der Waals surface area contributed by atoms with Crippen molar-refractivity contribution in [2.75, 3.05) is 5.32 Å². The van der Waals surface area contributed by atoms with E-state index >= 15 is 0 Å². The summed E-state index contributed by atoms with van der Waals surface area (Å²) in [5.41, 5.74) is 0.721. The van der Waals surface area contributed by atoms with Gasteiger partial charge in [0.25, 0.3) is 5.91 Å². The van der Waals surface area contributed by atoms with Crippen LogP contribution in [0.5, 0.6) is 5.75 Å². The number of carbonyl (C=O) groups is 1. The molecule has 2 aromatic rings. The van der Waals surface area contributed by atoms with Gasteiger partial charge in [0.1, 0.15) is 11.8 Å². The molecule has 20 heavy (non-hydrogen) atoms. The molecule has 0 saturated heterocycles. The van der Waals surface area contributed by atoms with Crippen LogP contribution in [0.25, 0.3) is 0 Å². The minimum Gasteiger partial charge on any atom is -0.507 e. The SMILES string of the molecule is N#Cc1cc(Br)ccc1NC(=O)c1cc(Cl)ccc1O. The van der Waals surface area contributed by atoms with E-state index in [1.807, 2.05) is 6.07 Å². The Kier molecular flexibility index (Phi) is 4.28. The second kappa shape index (κ2) is 5.95. The molecule has 0 aliphatic rings. The van der Waals surface area contributed by atoms with E-state index < -0.39 is 5.91 Å². The van der Waals surface area contributed by atoms with Crippen LogP contribution in [0.4, 0.5) is 5.69 Å². The minimum absolute atomic E-state index is 0.0457. The topological polar surface area (TPSA) is 73.1 Å². The zero-order valence-electron chi connectivity index (χ0n) is 10.0. The monoisotopic (exact) mass is 350 g/mol. The molecular weight excluding hydrogens is 344 g/mol. The maximum absolute atomic E-state index is 12.1. The van der Waals surface area contributed by atoms with Crippen LogP contribution in [-0.4, -0.2) is 11.0 Å². The molecular formula is C14H8BrClN2O2. The van der Waals surface area contributed by atoms with Gasteiger partial charge in [-0.2, -0.15) is 5.26 Å². The summed E-state index contributed by atoms with van der Waals surface area (Å²) in [7, 11) is 0. The summed E-state index contributed by atoms with van der Waals surface area (Å²) in [6.45, 7) is 0. The van der Waals surface area contributed by atoms with Gasteiger partial charge < -0.3 is 10.4 Å². The van der Waals surface area contributed by atoms with Gasteiger partial charge in [-0.3, -0.25) is 4.79 Å². The molecule has 0 atom stereocenters. The number of benzene rings is 2. The summed E-state index contributed by atoms with van der Waals surface area (Å²) >= 11 is 9.04. The van der Waals surface area contributed by atoms with E-state index in [0.717, 1.165) is 4.47 Å². The molecule has 100 valence electrons. The van der Waals surface area contributed by atoms with Gasteiger partial charge in [0.15, 0.2) is 0 Å². The quantitative estimate of drug-likeness (QED) is 0.861. The van der Waals surface area contributed by atoms with E-state index in [9.17, 15) is 9.90 Å². The highest BCUT2D eigenvalue weighted by molar-refractivity contribution is 9.10. The maximum atomic E-state index is 12.1. The van der Waals surface area contributed by atoms with Crippen molar-refractivity contribution >= 4 is 39.1 Å². The lowest BCUT2D eigenvalue weighted by Gasteiger charge is -2.09. The Labute approximate surface area is 128 Å². The second-order valence-electron chi connectivity index (χ2n) is 3.92. The number of rotatable bonds is 2. The van der Waals surface area contributed by atoms with E-state index in [1.54, 1.807) is 18.2 Å². The molecule has 0 aliphatic carbocycles. The fraction of sp³-hybridized carbons (Fsp3) is 0. The van der Waals surface area contributed by atoms with Gasteiger partial charge in [-0.25, -0.2) is 0 Å². The van der Waals surface area contributed by atoms with Crippen LogP contribution in [0.15, 0.2) is 40.9 Å². The van der Waals surface area contributed by atoms with Crippen LogP contribution in [-0.2, 0) is 0 Å². The fourth-order valence-electron chi connectivity index (χ4n) is 1.60. The van der Waals surface area contributed by atoms with Gasteiger partial charge in [0, 0.05) is 9.50 Å². The fourth-order valence-corrected chi connectivity index (χ4v) is 2.13. The van der Waals surface area contributed by atoms with Crippen molar-refractivity contribution in [3.63, 3.8) is 0 Å². The smallest absolute Gasteiger partial charge is 0.259 e. The number of nitrogens with one attached hydrogen (secondary N) is 1. The number of anilines is 1. The summed E-state index contributed by atoms with van der Waals surface area (Å²) in [6, 6.07) is 11.1. The van der Waals surface area contributed by atoms with E-state index in [1.165, 1.54) is 18.2 Å². The molecule has 1 amide bonds. The second-order valence-corrected chi connectivity index (χ2v) is 5.27. The number of phenols is 1. The number of nitriles is 1. The van der Waals surface area contributed by atoms with Gasteiger partial charge in [-0.05, 0) is 36.4 Å². The number of carbonyl (C=O) groups excluding carboxylic acids is 1. The Morgan fingerprint density at radius 2 is 2.05 bits per heavy atom. The molecule has 0 spiro atoms. The molecule has 0 saturated carbocycles. The number of aromatic hydroxyl groups is 1. The standard InChI is InChI=1S/C14H8BrClN2O2/c15-9-1-3-12(8(5-9)7-17)18-14(20)11-6-10(16)2-4-13(11)19/h1-6,19H,(H,18,20). The number of halogens is 2. The largest absolute Gasteiger partial charge is 0.507 e. The van der Waals surface area contributed by atoms with Crippen LogP contribution in [0.3, 0.4) is 0 Å². The zero-order valence-corrected chi connectivity index (χ0v) is 12.4. The first-order valence-electron chi connectivity index (χ1n) is 5.51. The molecule has 0 bridgehead atoms. The van der Waals surface area contributed by atoms with E-state index in [0.29, 0.717) is 16.3 Å². The molecule has 6 heteroatoms. The number of hydrogen-bond acceptors (Lipinski definition) is 3. The third-order valence-corrected chi connectivity index (χ3v) is 3.28. The Balaban J connectivity index is 2.33. The molecule has 2 N–H and O–H groups in total. The summed E-state index contributed by atoms with van der Waals surface area (Å²) < 4.78 is 0.734. The average Bonchev–Trinajstić information content (AvgIpc) is 2.43. The summed E-state index contributed by atoms with van der Waals surface area (Å²) in [5.74, 6) is -0.716. The third-order valence-electron chi connectivity index (χ3n) is 2.55. The molecule has 2 aromatic carbocycles. The minimum atomic E-state index is -0.538. The van der Waals surface area contributed by atoms with Crippen molar-refractivity contribution in [2.24, 2.45) is 0 Å². The van der Waals surface area contributed by atoms with Crippen molar-refractivity contribution in [1.29, 1.82) is 5.26 Å². The van der Waals surface area contributed by atoms with Gasteiger partial charge in [-0.15, -0.1) is 0 Å². The van der Waals surface area contributed by atoms with Crippen molar-refractivity contribution in [3.8, 4) is 11.8 Å². The Hall–Kier alpha value is -2.03. The number of hydrogen-bond donors (Lipinski definition) is 2. The molecule has 2 rings (SSSR count). The van der Waals surface area contributed by atoms with E-state index in [-0.39, 0.29) is 11.3 Å². The molecule has 0 aromatic heterocycles. The van der Waals surface area contributed by atoms with Gasteiger partial charge in [0.2, 0.25) is 0 Å². The summed E-state index contributed by atoms with van der Waals surface area (Å²) in [4.78, 5) is 12.1. The third kappa shape index (κ3) is 3.10. The maximum Gasteiger partial charge on any atom is 0.259 e. The Morgan fingerprint density at radius 1 is 1.30 bits per heavy atom. The highest BCUT2D eigenvalue weighted by Crippen LogP contribution is 2.25. The highest BCUT2D eigenvalue weighted by Gasteiger charge is 2.14. The lowest BCUT2D eigenvalue weighted by atomic mass is 10.1. The first-order valence-corrected chi connectivity index (χ1v) is 6.68. The molecule has 0 unspecified atom stereocenters. The van der Waals surface area contributed by atoms with Crippen LogP contribution in [0.2, 0.25) is 5.02 Å². The lowest BCUT2D eigenvalue weighted by molar-refractivity contribution is 0.102. The van der Waals surface area contributed by atoms with Crippen molar-refractivity contribution < 1.29 is 9.90 Å². The first-order chi connectivity index (χ1) is 9.51. The average molecular weight is 352 g/mol. The normalized spacial score (nSPS) is 9.85. The Bertz CT molecular complexity index is 726. The van der Waals surface area contributed by atoms with E-state index in [2.05, 4.69) is 21.2 Å². The first kappa shape index (κ1) is 14.4. The molecule has 0 heterocycles. The van der Waals surface area contributed by atoms with Crippen LogP contribution >= 0.6 is 27.5 Å². The van der Waals surface area contributed by atoms with Gasteiger partial charge in [-0.1, -0.05) is 27.5 Å². The van der Waals surface area contributed by atoms with Crippen LogP contribution < -0.4 is 5.32 Å². The number of nitrogens with zero attached hydrogens (tertiary/aromatic N) is 1. The van der Waals surface area contributed by atoms with Gasteiger partial charge >= 0.3 is 0 Å². The highest BCUT2D eigenvalue weighted by atomic mass is 79.9. The molecule has 4 nitrogen and oxygen atoms in total. The summed E-state index contributed by atoms with van der Waals surface area (Å²) in [6.07, 6.45) is 0. The molecule has 0 fully saturated rings.